The number of hydrogen-bond acceptors (Lipinski definition) is 9. The summed E-state index contributed by atoms with van der Waals surface area (Å²) in [5, 5.41) is 13.6. The summed E-state index contributed by atoms with van der Waals surface area (Å²) in [6.45, 7) is 7.24. The highest BCUT2D eigenvalue weighted by molar-refractivity contribution is 6.35. The highest BCUT2D eigenvalue weighted by atomic mass is 35.5. The standard InChI is InChI=1S/C35H37Cl2FN8O4/c1-3-24(2)46-34(47)44(23-41-46)27-7-5-26(6-8-27)42-14-16-43(17-15-42)33-11-9-28(19-32(33)38)48-20-29-21-49-35(50-29,22-45-39-12-13-40-45)30-10-4-25(36)18-31(30)37/h4-13,18-19,23-24,29H,3,14-17,20-22H2,1-2H3/t24?,29-,35-/m1/s1. The van der Waals surface area contributed by atoms with Gasteiger partial charge in [-0.2, -0.15) is 20.1 Å². The fourth-order valence-electron chi connectivity index (χ4n) is 6.29. The van der Waals surface area contributed by atoms with Gasteiger partial charge >= 0.3 is 5.69 Å². The molecule has 262 valence electrons. The Bertz CT molecular complexity index is 1980. The Kier molecular flexibility index (Phi) is 9.82. The largest absolute Gasteiger partial charge is 0.491 e. The maximum Gasteiger partial charge on any atom is 0.350 e. The van der Waals surface area contributed by atoms with Crippen LogP contribution in [0.3, 0.4) is 0 Å². The first-order valence-corrected chi connectivity index (χ1v) is 17.3. The first kappa shape index (κ1) is 34.0. The predicted molar refractivity (Wildman–Crippen MR) is 188 cm³/mol. The van der Waals surface area contributed by atoms with Gasteiger partial charge in [0.15, 0.2) is 0 Å². The quantitative estimate of drug-likeness (QED) is 0.169. The predicted octanol–water partition coefficient (Wildman–Crippen LogP) is 5.72. The smallest absolute Gasteiger partial charge is 0.350 e. The molecule has 0 aliphatic carbocycles. The number of aromatic nitrogens is 6. The summed E-state index contributed by atoms with van der Waals surface area (Å²) in [4.78, 5) is 18.6. The van der Waals surface area contributed by atoms with Crippen molar-refractivity contribution in [2.45, 2.75) is 44.7 Å². The number of piperazine rings is 1. The van der Waals surface area contributed by atoms with E-state index >= 15 is 4.39 Å². The Balaban J connectivity index is 0.947. The Labute approximate surface area is 298 Å². The molecule has 4 heterocycles. The fraction of sp³-hybridized carbons (Fsp3) is 0.371. The molecule has 1 unspecified atom stereocenters. The average Bonchev–Trinajstić information content (AvgIpc) is 3.88. The van der Waals surface area contributed by atoms with Crippen molar-refractivity contribution in [3.05, 3.63) is 111 Å². The van der Waals surface area contributed by atoms with E-state index in [0.717, 1.165) is 30.9 Å². The second-order valence-corrected chi connectivity index (χ2v) is 13.2. The van der Waals surface area contributed by atoms with Crippen molar-refractivity contribution in [2.24, 2.45) is 0 Å². The second-order valence-electron chi connectivity index (χ2n) is 12.4. The number of rotatable bonds is 11. The summed E-state index contributed by atoms with van der Waals surface area (Å²) >= 11 is 12.7. The van der Waals surface area contributed by atoms with Gasteiger partial charge in [0, 0.05) is 48.5 Å². The lowest BCUT2D eigenvalue weighted by Gasteiger charge is -2.37. The van der Waals surface area contributed by atoms with Gasteiger partial charge in [0.2, 0.25) is 5.79 Å². The summed E-state index contributed by atoms with van der Waals surface area (Å²) in [5.74, 6) is -1.23. The zero-order valence-corrected chi connectivity index (χ0v) is 29.2. The third-order valence-corrected chi connectivity index (χ3v) is 9.74. The van der Waals surface area contributed by atoms with Gasteiger partial charge in [-0.15, -0.1) is 0 Å². The van der Waals surface area contributed by atoms with Crippen LogP contribution < -0.4 is 20.2 Å². The van der Waals surface area contributed by atoms with E-state index in [1.165, 1.54) is 15.5 Å². The maximum absolute atomic E-state index is 15.4. The number of nitrogens with zero attached hydrogens (tertiary/aromatic N) is 8. The molecule has 12 nitrogen and oxygen atoms in total. The van der Waals surface area contributed by atoms with Gasteiger partial charge in [-0.25, -0.2) is 18.4 Å². The molecule has 2 aliphatic rings. The molecule has 15 heteroatoms. The molecule has 0 saturated carbocycles. The molecule has 3 atom stereocenters. The van der Waals surface area contributed by atoms with Crippen molar-refractivity contribution in [2.75, 3.05) is 49.2 Å². The van der Waals surface area contributed by atoms with E-state index in [1.54, 1.807) is 53.6 Å². The lowest BCUT2D eigenvalue weighted by atomic mass is 10.1. The lowest BCUT2D eigenvalue weighted by molar-refractivity contribution is -0.192. The van der Waals surface area contributed by atoms with Crippen molar-refractivity contribution >= 4 is 34.6 Å². The molecule has 0 bridgehead atoms. The van der Waals surface area contributed by atoms with Crippen molar-refractivity contribution < 1.29 is 18.6 Å². The van der Waals surface area contributed by atoms with E-state index in [-0.39, 0.29) is 37.3 Å². The van der Waals surface area contributed by atoms with Crippen LogP contribution in [0, 0.1) is 5.82 Å². The second kappa shape index (κ2) is 14.4. The zero-order chi connectivity index (χ0) is 34.8. The number of halogens is 3. The van der Waals surface area contributed by atoms with Gasteiger partial charge in [0.05, 0.1) is 41.4 Å². The zero-order valence-electron chi connectivity index (χ0n) is 27.7. The SMILES string of the molecule is CCC(C)n1ncn(-c2ccc(N3CCN(c4ccc(OC[C@@H]5CO[C@@](Cn6nccn6)(c6ccc(Cl)cc6Cl)O5)cc4F)CC3)cc2)c1=O. The topological polar surface area (TPSA) is 105 Å². The minimum Gasteiger partial charge on any atom is -0.491 e. The molecule has 0 spiro atoms. The minimum absolute atomic E-state index is 0.0364. The van der Waals surface area contributed by atoms with Crippen molar-refractivity contribution in [1.82, 2.24) is 29.3 Å². The van der Waals surface area contributed by atoms with Crippen LogP contribution in [-0.2, 0) is 21.8 Å². The number of anilines is 2. The molecule has 0 radical (unpaired) electrons. The van der Waals surface area contributed by atoms with Crippen LogP contribution in [0.25, 0.3) is 5.69 Å². The van der Waals surface area contributed by atoms with Gasteiger partial charge in [0.1, 0.15) is 37.1 Å². The molecule has 2 aromatic heterocycles. The monoisotopic (exact) mass is 722 g/mol. The third-order valence-electron chi connectivity index (χ3n) is 9.19. The van der Waals surface area contributed by atoms with E-state index < -0.39 is 11.9 Å². The van der Waals surface area contributed by atoms with E-state index in [1.807, 2.05) is 43.0 Å². The first-order chi connectivity index (χ1) is 24.2. The molecular weight excluding hydrogens is 686 g/mol. The van der Waals surface area contributed by atoms with Crippen LogP contribution in [0.1, 0.15) is 31.9 Å². The summed E-state index contributed by atoms with van der Waals surface area (Å²) in [5.41, 5.74) is 2.77. The first-order valence-electron chi connectivity index (χ1n) is 16.5. The molecule has 0 N–H and O–H groups in total. The van der Waals surface area contributed by atoms with Crippen LogP contribution in [0.4, 0.5) is 15.8 Å². The normalized spacial score (nSPS) is 20.0. The number of benzene rings is 3. The Morgan fingerprint density at radius 3 is 2.38 bits per heavy atom. The van der Waals surface area contributed by atoms with E-state index in [4.69, 9.17) is 37.4 Å². The molecule has 7 rings (SSSR count). The maximum atomic E-state index is 15.4. The molecule has 50 heavy (non-hydrogen) atoms. The van der Waals surface area contributed by atoms with Crippen LogP contribution in [0.2, 0.25) is 10.0 Å². The van der Waals surface area contributed by atoms with Gasteiger partial charge in [-0.1, -0.05) is 36.2 Å². The number of hydrogen-bond donors (Lipinski definition) is 0. The molecule has 2 fully saturated rings. The molecule has 2 aliphatic heterocycles. The van der Waals surface area contributed by atoms with Gasteiger partial charge in [-0.05, 0) is 61.9 Å². The van der Waals surface area contributed by atoms with Crippen LogP contribution >= 0.6 is 23.2 Å². The van der Waals surface area contributed by atoms with Crippen molar-refractivity contribution in [3.63, 3.8) is 0 Å². The van der Waals surface area contributed by atoms with E-state index in [0.29, 0.717) is 40.1 Å². The summed E-state index contributed by atoms with van der Waals surface area (Å²) < 4.78 is 37.1. The average molecular weight is 724 g/mol. The Morgan fingerprint density at radius 1 is 0.960 bits per heavy atom. The van der Waals surface area contributed by atoms with Crippen LogP contribution in [0.5, 0.6) is 5.75 Å². The summed E-state index contributed by atoms with van der Waals surface area (Å²) in [7, 11) is 0. The van der Waals surface area contributed by atoms with Crippen LogP contribution in [-0.4, -0.2) is 74.8 Å². The van der Waals surface area contributed by atoms with Crippen LogP contribution in [0.15, 0.2) is 84.2 Å². The van der Waals surface area contributed by atoms with E-state index in [2.05, 4.69) is 20.2 Å². The van der Waals surface area contributed by atoms with Gasteiger partial charge < -0.3 is 24.0 Å². The van der Waals surface area contributed by atoms with Crippen molar-refractivity contribution in [1.29, 1.82) is 0 Å². The molecule has 3 aromatic carbocycles. The minimum atomic E-state index is -1.26. The van der Waals surface area contributed by atoms with Gasteiger partial charge in [0.25, 0.3) is 0 Å². The third kappa shape index (κ3) is 6.95. The van der Waals surface area contributed by atoms with E-state index in [9.17, 15) is 4.79 Å². The van der Waals surface area contributed by atoms with Gasteiger partial charge in [-0.3, -0.25) is 0 Å². The highest BCUT2D eigenvalue weighted by Crippen LogP contribution is 2.40. The highest BCUT2D eigenvalue weighted by Gasteiger charge is 2.46. The lowest BCUT2D eigenvalue weighted by Crippen LogP contribution is -2.46. The molecular formula is C35H37Cl2FN8O4. The summed E-state index contributed by atoms with van der Waals surface area (Å²) in [6, 6.07) is 17.9. The molecule has 2 saturated heterocycles. The summed E-state index contributed by atoms with van der Waals surface area (Å²) in [6.07, 6.45) is 5.06. The molecule has 0 amide bonds. The Morgan fingerprint density at radius 2 is 1.68 bits per heavy atom. The Hall–Kier alpha value is -4.43. The molecule has 5 aromatic rings. The number of ether oxygens (including phenoxy) is 3. The van der Waals surface area contributed by atoms with Crippen molar-refractivity contribution in [3.8, 4) is 11.4 Å². The fourth-order valence-corrected chi connectivity index (χ4v) is 6.84.